The number of carbonyl (C=O) groups excluding carboxylic acids is 1. The van der Waals surface area contributed by atoms with Gasteiger partial charge in [-0.3, -0.25) is 4.99 Å². The number of ether oxygens (including phenoxy) is 3. The van der Waals surface area contributed by atoms with E-state index in [9.17, 15) is 4.79 Å². The number of benzene rings is 1. The van der Waals surface area contributed by atoms with Gasteiger partial charge in [0.15, 0.2) is 11.5 Å². The van der Waals surface area contributed by atoms with Crippen LogP contribution in [0.2, 0.25) is 0 Å². The van der Waals surface area contributed by atoms with E-state index in [1.807, 2.05) is 41.2 Å². The molecule has 0 aliphatic heterocycles. The summed E-state index contributed by atoms with van der Waals surface area (Å²) in [5.41, 5.74) is 1.13. The highest BCUT2D eigenvalue weighted by molar-refractivity contribution is 5.79. The van der Waals surface area contributed by atoms with E-state index >= 15 is 0 Å². The fourth-order valence-corrected chi connectivity index (χ4v) is 2.48. The minimum atomic E-state index is -1.15. The van der Waals surface area contributed by atoms with E-state index in [4.69, 9.17) is 19.5 Å². The van der Waals surface area contributed by atoms with Crippen LogP contribution in [0.4, 0.5) is 0 Å². The molecule has 1 atom stereocenters. The summed E-state index contributed by atoms with van der Waals surface area (Å²) in [6, 6.07) is 10.1. The number of carbonyl (C=O) groups is 1. The minimum Gasteiger partial charge on any atom is -0.493 e. The quantitative estimate of drug-likeness (QED) is 0.665. The molecular weight excluding hydrogens is 346 g/mol. The van der Waals surface area contributed by atoms with Gasteiger partial charge in [-0.1, -0.05) is 6.07 Å². The average Bonchev–Trinajstić information content (AvgIpc) is 2.71. The molecule has 7 heteroatoms. The number of esters is 1. The van der Waals surface area contributed by atoms with Gasteiger partial charge in [-0.15, -0.1) is 0 Å². The Morgan fingerprint density at radius 3 is 2.48 bits per heavy atom. The Morgan fingerprint density at radius 2 is 1.89 bits per heavy atom. The van der Waals surface area contributed by atoms with Crippen molar-refractivity contribution in [2.75, 3.05) is 20.8 Å². The molecule has 7 nitrogen and oxygen atoms in total. The molecule has 0 N–H and O–H groups in total. The lowest BCUT2D eigenvalue weighted by molar-refractivity contribution is -0.143. The van der Waals surface area contributed by atoms with Crippen molar-refractivity contribution in [2.24, 2.45) is 4.99 Å². The minimum absolute atomic E-state index is 0.220. The number of aryl methyl sites for hydroxylation is 2. The molecule has 0 radical (unpaired) electrons. The van der Waals surface area contributed by atoms with Crippen molar-refractivity contribution in [3.63, 3.8) is 0 Å². The van der Waals surface area contributed by atoms with Crippen molar-refractivity contribution >= 4 is 5.97 Å². The summed E-state index contributed by atoms with van der Waals surface area (Å²) in [4.78, 5) is 15.8. The molecule has 0 aliphatic rings. The fraction of sp³-hybridized carbons (Fsp3) is 0.350. The largest absolute Gasteiger partial charge is 0.493 e. The van der Waals surface area contributed by atoms with Gasteiger partial charge < -0.3 is 18.8 Å². The zero-order valence-electron chi connectivity index (χ0n) is 15.7. The van der Waals surface area contributed by atoms with Crippen LogP contribution in [0.5, 0.6) is 11.5 Å². The summed E-state index contributed by atoms with van der Waals surface area (Å²) in [5, 5.41) is 9.61. The highest BCUT2D eigenvalue weighted by atomic mass is 16.5. The van der Waals surface area contributed by atoms with E-state index in [0.29, 0.717) is 16.9 Å². The van der Waals surface area contributed by atoms with E-state index < -0.39 is 12.0 Å². The molecule has 0 saturated heterocycles. The van der Waals surface area contributed by atoms with Gasteiger partial charge in [0.2, 0.25) is 6.04 Å². The smallest absolute Gasteiger partial charge is 0.345 e. The van der Waals surface area contributed by atoms with Crippen LogP contribution >= 0.6 is 0 Å². The van der Waals surface area contributed by atoms with E-state index in [1.54, 1.807) is 33.3 Å². The molecule has 0 fully saturated rings. The van der Waals surface area contributed by atoms with Crippen LogP contribution in [-0.4, -0.2) is 37.4 Å². The first-order valence-corrected chi connectivity index (χ1v) is 8.58. The summed E-state index contributed by atoms with van der Waals surface area (Å²) >= 11 is 0. The van der Waals surface area contributed by atoms with Gasteiger partial charge in [-0.05, 0) is 43.2 Å². The third-order valence-corrected chi connectivity index (χ3v) is 3.89. The van der Waals surface area contributed by atoms with Gasteiger partial charge in [0.05, 0.1) is 26.2 Å². The molecule has 1 aromatic heterocycles. The molecule has 2 rings (SSSR count). The molecule has 1 unspecified atom stereocenters. The lowest BCUT2D eigenvalue weighted by Crippen LogP contribution is -2.22. The van der Waals surface area contributed by atoms with Crippen LogP contribution in [-0.2, 0) is 22.5 Å². The molecule has 0 spiro atoms. The highest BCUT2D eigenvalue weighted by Gasteiger charge is 2.16. The lowest BCUT2D eigenvalue weighted by atomic mass is 10.1. The number of hydrogen-bond donors (Lipinski definition) is 0. The molecular formula is C20H23N3O4. The average molecular weight is 369 g/mol. The summed E-state index contributed by atoms with van der Waals surface area (Å²) in [5.74, 6) is 0.773. The number of nitriles is 1. The van der Waals surface area contributed by atoms with Crippen molar-refractivity contribution in [2.45, 2.75) is 25.9 Å². The maximum Gasteiger partial charge on any atom is 0.345 e. The Balaban J connectivity index is 2.04. The molecule has 0 saturated carbocycles. The summed E-state index contributed by atoms with van der Waals surface area (Å²) in [7, 11) is 3.22. The maximum atomic E-state index is 11.6. The molecule has 0 bridgehead atoms. The Hall–Kier alpha value is -3.27. The number of rotatable bonds is 8. The predicted octanol–water partition coefficient (Wildman–Crippen LogP) is 2.10. The lowest BCUT2D eigenvalue weighted by Gasteiger charge is -2.10. The van der Waals surface area contributed by atoms with E-state index in [1.165, 1.54) is 0 Å². The van der Waals surface area contributed by atoms with Crippen molar-refractivity contribution < 1.29 is 19.0 Å². The third kappa shape index (κ3) is 5.61. The Bertz CT molecular complexity index is 863. The van der Waals surface area contributed by atoms with E-state index in [0.717, 1.165) is 18.5 Å². The molecule has 0 aliphatic carbocycles. The normalized spacial score (nSPS) is 11.2. The molecule has 0 amide bonds. The number of pyridine rings is 1. The van der Waals surface area contributed by atoms with Gasteiger partial charge in [0.25, 0.3) is 0 Å². The highest BCUT2D eigenvalue weighted by Crippen LogP contribution is 2.27. The van der Waals surface area contributed by atoms with Crippen LogP contribution in [0, 0.1) is 11.3 Å². The number of methoxy groups -OCH3 is 2. The summed E-state index contributed by atoms with van der Waals surface area (Å²) in [6.07, 6.45) is 4.53. The zero-order valence-corrected chi connectivity index (χ0v) is 15.7. The monoisotopic (exact) mass is 369 g/mol. The topological polar surface area (TPSA) is 85.8 Å². The van der Waals surface area contributed by atoms with Gasteiger partial charge in [0, 0.05) is 18.9 Å². The standard InChI is InChI=1S/C20H23N3O4/c1-4-27-20(24)17(14-21)22-16-8-11-23(12-9-16)10-7-15-5-6-18(25-2)19(13-15)26-3/h5-6,8-9,11-13,17H,4,7,10H2,1-3H3. The Kier molecular flexibility index (Phi) is 7.44. The zero-order chi connectivity index (χ0) is 19.6. The molecule has 1 heterocycles. The van der Waals surface area contributed by atoms with E-state index in [-0.39, 0.29) is 6.61 Å². The van der Waals surface area contributed by atoms with Crippen molar-refractivity contribution in [1.29, 1.82) is 5.26 Å². The number of aromatic nitrogens is 1. The van der Waals surface area contributed by atoms with Gasteiger partial charge in [-0.25, -0.2) is 4.79 Å². The number of nitrogens with zero attached hydrogens (tertiary/aromatic N) is 3. The second-order valence-electron chi connectivity index (χ2n) is 5.65. The molecule has 142 valence electrons. The first kappa shape index (κ1) is 20.0. The summed E-state index contributed by atoms with van der Waals surface area (Å²) in [6.45, 7) is 2.67. The molecule has 2 aromatic rings. The van der Waals surface area contributed by atoms with E-state index in [2.05, 4.69) is 4.99 Å². The Labute approximate surface area is 158 Å². The second kappa shape index (κ2) is 10.0. The number of hydrogen-bond acceptors (Lipinski definition) is 6. The molecule has 1 aromatic carbocycles. The van der Waals surface area contributed by atoms with Crippen LogP contribution in [0.1, 0.15) is 12.5 Å². The van der Waals surface area contributed by atoms with Gasteiger partial charge >= 0.3 is 5.97 Å². The predicted molar refractivity (Wildman–Crippen MR) is 99.3 cm³/mol. The fourth-order valence-electron chi connectivity index (χ4n) is 2.48. The van der Waals surface area contributed by atoms with Gasteiger partial charge in [0.1, 0.15) is 6.07 Å². The van der Waals surface area contributed by atoms with Crippen LogP contribution in [0.25, 0.3) is 0 Å². The maximum absolute atomic E-state index is 11.6. The van der Waals surface area contributed by atoms with Crippen molar-refractivity contribution in [3.8, 4) is 17.6 Å². The second-order valence-corrected chi connectivity index (χ2v) is 5.65. The SMILES string of the molecule is CCOC(=O)C(C#N)N=c1ccn(CCc2ccc(OC)c(OC)c2)cc1. The third-order valence-electron chi connectivity index (χ3n) is 3.89. The van der Waals surface area contributed by atoms with Crippen molar-refractivity contribution in [1.82, 2.24) is 4.57 Å². The van der Waals surface area contributed by atoms with Crippen molar-refractivity contribution in [3.05, 3.63) is 53.6 Å². The molecule has 27 heavy (non-hydrogen) atoms. The first-order chi connectivity index (χ1) is 13.1. The van der Waals surface area contributed by atoms with Crippen LogP contribution in [0.15, 0.2) is 47.7 Å². The van der Waals surface area contributed by atoms with Gasteiger partial charge in [-0.2, -0.15) is 5.26 Å². The van der Waals surface area contributed by atoms with Crippen LogP contribution in [0.3, 0.4) is 0 Å². The first-order valence-electron chi connectivity index (χ1n) is 8.58. The Morgan fingerprint density at radius 1 is 1.19 bits per heavy atom. The summed E-state index contributed by atoms with van der Waals surface area (Å²) < 4.78 is 17.4. The van der Waals surface area contributed by atoms with Crippen LogP contribution < -0.4 is 14.8 Å².